The second-order valence-corrected chi connectivity index (χ2v) is 4.32. The van der Waals surface area contributed by atoms with Crippen molar-refractivity contribution in [2.24, 2.45) is 0 Å². The van der Waals surface area contributed by atoms with Crippen molar-refractivity contribution in [2.45, 2.75) is 6.54 Å². The molecule has 0 bridgehead atoms. The predicted octanol–water partition coefficient (Wildman–Crippen LogP) is 1.46. The van der Waals surface area contributed by atoms with Crippen LogP contribution >= 0.6 is 0 Å². The number of nitrogens with two attached hydrogens (primary N) is 1. The Morgan fingerprint density at radius 3 is 2.53 bits per heavy atom. The lowest BCUT2D eigenvalue weighted by molar-refractivity contribution is 0.0642. The average molecular weight is 253 g/mol. The number of hydrogen-bond acceptors (Lipinski definition) is 4. The first-order valence-electron chi connectivity index (χ1n) is 5.82. The lowest BCUT2D eigenvalue weighted by Crippen LogP contribution is -2.29. The van der Waals surface area contributed by atoms with Crippen molar-refractivity contribution in [3.05, 3.63) is 59.4 Å². The van der Waals surface area contributed by atoms with Crippen LogP contribution in [0.1, 0.15) is 26.3 Å². The minimum Gasteiger partial charge on any atom is -0.398 e. The number of carbonyl (C=O) groups is 2. The molecule has 19 heavy (non-hydrogen) atoms. The Labute approximate surface area is 109 Å². The van der Waals surface area contributed by atoms with Crippen molar-refractivity contribution in [1.29, 1.82) is 0 Å². The number of anilines is 1. The van der Waals surface area contributed by atoms with E-state index < -0.39 is 0 Å². The number of nitrogen functional groups attached to an aromatic ring is 1. The van der Waals surface area contributed by atoms with E-state index in [-0.39, 0.29) is 18.4 Å². The fourth-order valence-electron chi connectivity index (χ4n) is 2.13. The van der Waals surface area contributed by atoms with Gasteiger partial charge < -0.3 is 5.73 Å². The summed E-state index contributed by atoms with van der Waals surface area (Å²) in [6.45, 7) is 0.180. The number of amides is 2. The molecule has 0 saturated carbocycles. The highest BCUT2D eigenvalue weighted by molar-refractivity contribution is 6.21. The molecule has 1 aliphatic rings. The highest BCUT2D eigenvalue weighted by Crippen LogP contribution is 2.24. The zero-order valence-electron chi connectivity index (χ0n) is 10.0. The highest BCUT2D eigenvalue weighted by Gasteiger charge is 2.35. The molecule has 1 aliphatic heterocycles. The normalized spacial score (nSPS) is 13.8. The first-order chi connectivity index (χ1) is 9.18. The van der Waals surface area contributed by atoms with Gasteiger partial charge in [-0.1, -0.05) is 18.2 Å². The first-order valence-corrected chi connectivity index (χ1v) is 5.82. The van der Waals surface area contributed by atoms with Crippen molar-refractivity contribution >= 4 is 17.5 Å². The third-order valence-electron chi connectivity index (χ3n) is 3.16. The Morgan fingerprint density at radius 2 is 1.79 bits per heavy atom. The molecule has 5 heteroatoms. The summed E-state index contributed by atoms with van der Waals surface area (Å²) in [5.74, 6) is -0.623. The molecule has 0 saturated heterocycles. The van der Waals surface area contributed by atoms with E-state index in [1.54, 1.807) is 18.2 Å². The number of fused-ring (bicyclic) bond motifs is 1. The predicted molar refractivity (Wildman–Crippen MR) is 69.3 cm³/mol. The van der Waals surface area contributed by atoms with Crippen LogP contribution < -0.4 is 5.73 Å². The molecule has 2 aromatic rings. The van der Waals surface area contributed by atoms with E-state index >= 15 is 0 Å². The van der Waals surface area contributed by atoms with Crippen molar-refractivity contribution in [3.63, 3.8) is 0 Å². The topological polar surface area (TPSA) is 76.3 Å². The van der Waals surface area contributed by atoms with Gasteiger partial charge in [-0.3, -0.25) is 19.5 Å². The summed E-state index contributed by atoms with van der Waals surface area (Å²) in [7, 11) is 0. The summed E-state index contributed by atoms with van der Waals surface area (Å²) in [5.41, 5.74) is 7.90. The number of carbonyl (C=O) groups excluding carboxylic acids is 2. The SMILES string of the molecule is Nc1ccccc1CN1C(=O)c2ccncc2C1=O. The second-order valence-electron chi connectivity index (χ2n) is 4.32. The van der Waals surface area contributed by atoms with Gasteiger partial charge in [-0.05, 0) is 17.7 Å². The molecule has 2 amide bonds. The van der Waals surface area contributed by atoms with E-state index in [0.29, 0.717) is 16.8 Å². The Morgan fingerprint density at radius 1 is 1.05 bits per heavy atom. The first kappa shape index (κ1) is 11.4. The van der Waals surface area contributed by atoms with Gasteiger partial charge in [0.25, 0.3) is 11.8 Å². The molecular formula is C14H11N3O2. The van der Waals surface area contributed by atoms with Crippen LogP contribution in [-0.4, -0.2) is 21.7 Å². The zero-order valence-corrected chi connectivity index (χ0v) is 10.0. The van der Waals surface area contributed by atoms with Gasteiger partial charge in [0.15, 0.2) is 0 Å². The van der Waals surface area contributed by atoms with Gasteiger partial charge in [-0.2, -0.15) is 0 Å². The number of imide groups is 1. The molecule has 2 heterocycles. The molecule has 0 atom stereocenters. The smallest absolute Gasteiger partial charge is 0.263 e. The van der Waals surface area contributed by atoms with Gasteiger partial charge in [-0.15, -0.1) is 0 Å². The van der Waals surface area contributed by atoms with Crippen LogP contribution in [-0.2, 0) is 6.54 Å². The minimum atomic E-state index is -0.323. The van der Waals surface area contributed by atoms with Crippen LogP contribution in [0.4, 0.5) is 5.69 Å². The minimum absolute atomic E-state index is 0.180. The molecule has 0 spiro atoms. The Balaban J connectivity index is 1.95. The largest absolute Gasteiger partial charge is 0.398 e. The van der Waals surface area contributed by atoms with Crippen molar-refractivity contribution in [1.82, 2.24) is 9.88 Å². The Kier molecular flexibility index (Phi) is 2.52. The summed E-state index contributed by atoms with van der Waals surface area (Å²) >= 11 is 0. The Bertz CT molecular complexity index is 647. The molecule has 1 aromatic heterocycles. The monoisotopic (exact) mass is 253 g/mol. The standard InChI is InChI=1S/C14H11N3O2/c15-12-4-2-1-3-9(12)8-17-13(18)10-5-6-16-7-11(10)14(17)19/h1-7H,8,15H2. The number of rotatable bonds is 2. The number of nitrogens with zero attached hydrogens (tertiary/aromatic N) is 2. The number of benzene rings is 1. The molecule has 0 unspecified atom stereocenters. The van der Waals surface area contributed by atoms with Gasteiger partial charge >= 0.3 is 0 Å². The number of pyridine rings is 1. The third kappa shape index (κ3) is 1.76. The quantitative estimate of drug-likeness (QED) is 0.649. The van der Waals surface area contributed by atoms with Crippen LogP contribution in [0.3, 0.4) is 0 Å². The van der Waals surface area contributed by atoms with Gasteiger partial charge in [0, 0.05) is 18.1 Å². The van der Waals surface area contributed by atoms with Gasteiger partial charge in [0.05, 0.1) is 17.7 Å². The summed E-state index contributed by atoms with van der Waals surface area (Å²) in [4.78, 5) is 29.4. The fraction of sp³-hybridized carbons (Fsp3) is 0.0714. The van der Waals surface area contributed by atoms with E-state index in [2.05, 4.69) is 4.98 Å². The highest BCUT2D eigenvalue weighted by atomic mass is 16.2. The molecule has 0 fully saturated rings. The van der Waals surface area contributed by atoms with E-state index in [9.17, 15) is 9.59 Å². The van der Waals surface area contributed by atoms with Crippen LogP contribution in [0.5, 0.6) is 0 Å². The molecule has 3 rings (SSSR count). The lowest BCUT2D eigenvalue weighted by Gasteiger charge is -2.15. The Hall–Kier alpha value is -2.69. The number of para-hydroxylation sites is 1. The molecule has 0 aliphatic carbocycles. The van der Waals surface area contributed by atoms with Crippen molar-refractivity contribution < 1.29 is 9.59 Å². The maximum atomic E-state index is 12.2. The van der Waals surface area contributed by atoms with E-state index in [1.165, 1.54) is 17.3 Å². The third-order valence-corrected chi connectivity index (χ3v) is 3.16. The molecule has 94 valence electrons. The molecular weight excluding hydrogens is 242 g/mol. The second kappa shape index (κ2) is 4.20. The van der Waals surface area contributed by atoms with Crippen molar-refractivity contribution in [2.75, 3.05) is 5.73 Å². The fourth-order valence-corrected chi connectivity index (χ4v) is 2.13. The molecule has 5 nitrogen and oxygen atoms in total. The van der Waals surface area contributed by atoms with Crippen molar-refractivity contribution in [3.8, 4) is 0 Å². The van der Waals surface area contributed by atoms with E-state index in [0.717, 1.165) is 5.56 Å². The number of hydrogen-bond donors (Lipinski definition) is 1. The molecule has 0 radical (unpaired) electrons. The lowest BCUT2D eigenvalue weighted by atomic mass is 10.1. The van der Waals surface area contributed by atoms with Crippen LogP contribution in [0.2, 0.25) is 0 Å². The van der Waals surface area contributed by atoms with Crippen LogP contribution in [0.25, 0.3) is 0 Å². The summed E-state index contributed by atoms with van der Waals surface area (Å²) in [6, 6.07) is 8.74. The van der Waals surface area contributed by atoms with E-state index in [4.69, 9.17) is 5.73 Å². The molecule has 1 aromatic carbocycles. The van der Waals surface area contributed by atoms with E-state index in [1.807, 2.05) is 12.1 Å². The van der Waals surface area contributed by atoms with Crippen LogP contribution in [0, 0.1) is 0 Å². The number of aromatic nitrogens is 1. The maximum absolute atomic E-state index is 12.2. The summed E-state index contributed by atoms with van der Waals surface area (Å²) in [6.07, 6.45) is 2.92. The van der Waals surface area contributed by atoms with Gasteiger partial charge in [0.1, 0.15) is 0 Å². The summed E-state index contributed by atoms with van der Waals surface area (Å²) < 4.78 is 0. The maximum Gasteiger partial charge on any atom is 0.263 e. The van der Waals surface area contributed by atoms with Crippen LogP contribution in [0.15, 0.2) is 42.7 Å². The van der Waals surface area contributed by atoms with Gasteiger partial charge in [-0.25, -0.2) is 0 Å². The summed E-state index contributed by atoms with van der Waals surface area (Å²) in [5, 5.41) is 0. The molecule has 2 N–H and O–H groups in total. The zero-order chi connectivity index (χ0) is 13.4. The average Bonchev–Trinajstić information content (AvgIpc) is 2.67. The van der Waals surface area contributed by atoms with Gasteiger partial charge in [0.2, 0.25) is 0 Å².